The van der Waals surface area contributed by atoms with Crippen molar-refractivity contribution >= 4 is 5.91 Å². The van der Waals surface area contributed by atoms with Crippen LogP contribution in [0, 0.1) is 6.92 Å². The first-order chi connectivity index (χ1) is 11.7. The summed E-state index contributed by atoms with van der Waals surface area (Å²) in [7, 11) is 0. The van der Waals surface area contributed by atoms with E-state index in [1.54, 1.807) is 0 Å². The normalized spacial score (nSPS) is 23.1. The number of rotatable bonds is 2. The highest BCUT2D eigenvalue weighted by molar-refractivity contribution is 5.82. The van der Waals surface area contributed by atoms with E-state index in [0.29, 0.717) is 18.0 Å². The van der Waals surface area contributed by atoms with Gasteiger partial charge in [-0.3, -0.25) is 9.48 Å². The van der Waals surface area contributed by atoms with Gasteiger partial charge in [0.25, 0.3) is 5.91 Å². The van der Waals surface area contributed by atoms with Crippen molar-refractivity contribution in [3.05, 3.63) is 42.2 Å². The fourth-order valence-electron chi connectivity index (χ4n) is 3.35. The molecular formula is C18H21N3O3. The predicted octanol–water partition coefficient (Wildman–Crippen LogP) is 2.20. The third-order valence-electron chi connectivity index (χ3n) is 4.60. The second kappa shape index (κ2) is 6.19. The average Bonchev–Trinajstić information content (AvgIpc) is 3.07. The molecule has 2 aliphatic rings. The Kier molecular flexibility index (Phi) is 3.88. The molecule has 0 radical (unpaired) electrons. The van der Waals surface area contributed by atoms with Gasteiger partial charge in [-0.1, -0.05) is 12.1 Å². The Morgan fingerprint density at radius 2 is 2.12 bits per heavy atom. The maximum atomic E-state index is 12.8. The zero-order chi connectivity index (χ0) is 16.5. The van der Waals surface area contributed by atoms with Gasteiger partial charge in [0.15, 0.2) is 11.5 Å². The van der Waals surface area contributed by atoms with Crippen LogP contribution in [-0.2, 0) is 4.79 Å². The van der Waals surface area contributed by atoms with Crippen LogP contribution in [0.1, 0.15) is 24.4 Å². The van der Waals surface area contributed by atoms with E-state index in [0.717, 1.165) is 24.9 Å². The molecular weight excluding hydrogens is 306 g/mol. The van der Waals surface area contributed by atoms with Crippen LogP contribution in [0.5, 0.6) is 11.5 Å². The number of aromatic nitrogens is 2. The van der Waals surface area contributed by atoms with Gasteiger partial charge in [0.2, 0.25) is 6.10 Å². The van der Waals surface area contributed by atoms with Crippen LogP contribution in [0.2, 0.25) is 0 Å². The third-order valence-corrected chi connectivity index (χ3v) is 4.60. The lowest BCUT2D eigenvalue weighted by Gasteiger charge is -2.36. The molecule has 1 amide bonds. The second-order valence-electron chi connectivity index (χ2n) is 6.44. The lowest BCUT2D eigenvalue weighted by molar-refractivity contribution is -0.143. The van der Waals surface area contributed by atoms with Gasteiger partial charge < -0.3 is 14.4 Å². The number of para-hydroxylation sites is 2. The molecule has 0 aliphatic carbocycles. The Hall–Kier alpha value is -2.50. The van der Waals surface area contributed by atoms with Crippen LogP contribution in [0.25, 0.3) is 0 Å². The van der Waals surface area contributed by atoms with E-state index < -0.39 is 6.10 Å². The minimum Gasteiger partial charge on any atom is -0.485 e. The molecule has 1 fully saturated rings. The number of hydrogen-bond acceptors (Lipinski definition) is 4. The number of piperidine rings is 1. The van der Waals surface area contributed by atoms with Crippen LogP contribution in [0.15, 0.2) is 36.7 Å². The first-order valence-electron chi connectivity index (χ1n) is 8.39. The maximum Gasteiger partial charge on any atom is 0.267 e. The Balaban J connectivity index is 1.45. The minimum absolute atomic E-state index is 0.00178. The van der Waals surface area contributed by atoms with E-state index in [2.05, 4.69) is 5.10 Å². The third kappa shape index (κ3) is 2.84. The molecule has 126 valence electrons. The largest absolute Gasteiger partial charge is 0.485 e. The number of ether oxygens (including phenoxy) is 2. The number of nitrogens with zero attached hydrogens (tertiary/aromatic N) is 3. The number of fused-ring (bicyclic) bond motifs is 1. The van der Waals surface area contributed by atoms with Crippen molar-refractivity contribution in [2.45, 2.75) is 31.9 Å². The molecule has 0 bridgehead atoms. The highest BCUT2D eigenvalue weighted by Gasteiger charge is 2.34. The molecule has 1 aromatic carbocycles. The minimum atomic E-state index is -0.571. The van der Waals surface area contributed by atoms with Crippen LogP contribution >= 0.6 is 0 Å². The molecule has 1 saturated heterocycles. The number of carbonyl (C=O) groups excluding carboxylic acids is 1. The molecule has 2 atom stereocenters. The van der Waals surface area contributed by atoms with E-state index in [-0.39, 0.29) is 18.6 Å². The molecule has 3 heterocycles. The summed E-state index contributed by atoms with van der Waals surface area (Å²) in [5.41, 5.74) is 1.14. The van der Waals surface area contributed by atoms with Crippen molar-refractivity contribution in [2.75, 3.05) is 19.7 Å². The van der Waals surface area contributed by atoms with E-state index in [4.69, 9.17) is 9.47 Å². The summed E-state index contributed by atoms with van der Waals surface area (Å²) in [6.45, 7) is 3.72. The Morgan fingerprint density at radius 1 is 1.29 bits per heavy atom. The quantitative estimate of drug-likeness (QED) is 0.848. The van der Waals surface area contributed by atoms with Gasteiger partial charge in [0.05, 0.1) is 12.2 Å². The molecule has 1 aromatic heterocycles. The summed E-state index contributed by atoms with van der Waals surface area (Å²) in [6.07, 6.45) is 5.33. The van der Waals surface area contributed by atoms with E-state index >= 15 is 0 Å². The molecule has 0 saturated carbocycles. The van der Waals surface area contributed by atoms with Crippen LogP contribution < -0.4 is 9.47 Å². The molecule has 2 aliphatic heterocycles. The SMILES string of the molecule is Cc1cnn([C@H]2CCCN(C(=O)[C@@H]3COc4ccccc4O3)C2)c1. The molecule has 0 unspecified atom stereocenters. The van der Waals surface area contributed by atoms with Crippen LogP contribution in [0.3, 0.4) is 0 Å². The molecule has 24 heavy (non-hydrogen) atoms. The van der Waals surface area contributed by atoms with Crippen molar-refractivity contribution in [3.63, 3.8) is 0 Å². The molecule has 4 rings (SSSR count). The Labute approximate surface area is 141 Å². The van der Waals surface area contributed by atoms with Crippen molar-refractivity contribution in [1.29, 1.82) is 0 Å². The lowest BCUT2D eigenvalue weighted by atomic mass is 10.1. The number of hydrogen-bond donors (Lipinski definition) is 0. The molecule has 0 N–H and O–H groups in total. The maximum absolute atomic E-state index is 12.8. The predicted molar refractivity (Wildman–Crippen MR) is 88.2 cm³/mol. The van der Waals surface area contributed by atoms with Crippen molar-refractivity contribution < 1.29 is 14.3 Å². The summed E-state index contributed by atoms with van der Waals surface area (Å²) in [6, 6.07) is 7.69. The fourth-order valence-corrected chi connectivity index (χ4v) is 3.35. The zero-order valence-electron chi connectivity index (χ0n) is 13.7. The Bertz CT molecular complexity index is 743. The number of benzene rings is 1. The second-order valence-corrected chi connectivity index (χ2v) is 6.44. The van der Waals surface area contributed by atoms with E-state index in [9.17, 15) is 4.79 Å². The number of aryl methyl sites for hydroxylation is 1. The molecule has 0 spiro atoms. The average molecular weight is 327 g/mol. The smallest absolute Gasteiger partial charge is 0.267 e. The van der Waals surface area contributed by atoms with Gasteiger partial charge in [-0.15, -0.1) is 0 Å². The van der Waals surface area contributed by atoms with Gasteiger partial charge in [-0.2, -0.15) is 5.10 Å². The number of amides is 1. The standard InChI is InChI=1S/C18H21N3O3/c1-13-9-19-21(10-13)14-5-4-8-20(11-14)18(22)17-12-23-15-6-2-3-7-16(15)24-17/h2-3,6-7,9-10,14,17H,4-5,8,11-12H2,1H3/t14-,17-/m0/s1. The monoisotopic (exact) mass is 327 g/mol. The first-order valence-corrected chi connectivity index (χ1v) is 8.39. The molecule has 6 nitrogen and oxygen atoms in total. The summed E-state index contributed by atoms with van der Waals surface area (Å²) in [4.78, 5) is 14.7. The Morgan fingerprint density at radius 3 is 2.92 bits per heavy atom. The summed E-state index contributed by atoms with van der Waals surface area (Å²) in [5.74, 6) is 1.33. The summed E-state index contributed by atoms with van der Waals surface area (Å²) >= 11 is 0. The highest BCUT2D eigenvalue weighted by Crippen LogP contribution is 2.32. The molecule has 2 aromatic rings. The number of carbonyl (C=O) groups is 1. The number of likely N-dealkylation sites (tertiary alicyclic amines) is 1. The highest BCUT2D eigenvalue weighted by atomic mass is 16.6. The van der Waals surface area contributed by atoms with Gasteiger partial charge in [0, 0.05) is 19.3 Å². The van der Waals surface area contributed by atoms with Crippen LogP contribution in [0.4, 0.5) is 0 Å². The van der Waals surface area contributed by atoms with Gasteiger partial charge in [-0.25, -0.2) is 0 Å². The van der Waals surface area contributed by atoms with Crippen molar-refractivity contribution in [1.82, 2.24) is 14.7 Å². The first kappa shape index (κ1) is 15.1. The van der Waals surface area contributed by atoms with Crippen molar-refractivity contribution in [2.24, 2.45) is 0 Å². The summed E-state index contributed by atoms with van der Waals surface area (Å²) in [5, 5.41) is 4.40. The van der Waals surface area contributed by atoms with E-state index in [1.165, 1.54) is 0 Å². The summed E-state index contributed by atoms with van der Waals surface area (Å²) < 4.78 is 13.5. The van der Waals surface area contributed by atoms with Crippen molar-refractivity contribution in [3.8, 4) is 11.5 Å². The van der Waals surface area contributed by atoms with E-state index in [1.807, 2.05) is 53.2 Å². The van der Waals surface area contributed by atoms with Crippen LogP contribution in [-0.4, -0.2) is 46.4 Å². The topological polar surface area (TPSA) is 56.6 Å². The fraction of sp³-hybridized carbons (Fsp3) is 0.444. The van der Waals surface area contributed by atoms with Gasteiger partial charge in [0.1, 0.15) is 6.61 Å². The van der Waals surface area contributed by atoms with Gasteiger partial charge >= 0.3 is 0 Å². The van der Waals surface area contributed by atoms with Gasteiger partial charge in [-0.05, 0) is 37.5 Å². The lowest BCUT2D eigenvalue weighted by Crippen LogP contribution is -2.50. The molecule has 6 heteroatoms. The zero-order valence-corrected chi connectivity index (χ0v) is 13.7.